The van der Waals surface area contributed by atoms with E-state index in [0.717, 1.165) is 5.75 Å². The number of benzene rings is 2. The van der Waals surface area contributed by atoms with E-state index in [1.807, 2.05) is 30.3 Å². The third kappa shape index (κ3) is 7.98. The number of carboxylic acid groups (broad SMARTS) is 1. The molecule has 0 aromatic heterocycles. The average molecular weight is 375 g/mol. The lowest BCUT2D eigenvalue weighted by Crippen LogP contribution is -2.33. The molecule has 146 valence electrons. The molecular weight excluding hydrogens is 350 g/mol. The Morgan fingerprint density at radius 2 is 1.63 bits per heavy atom. The van der Waals surface area contributed by atoms with Crippen LogP contribution >= 0.6 is 0 Å². The zero-order chi connectivity index (χ0) is 19.5. The lowest BCUT2D eigenvalue weighted by Gasteiger charge is -2.14. The van der Waals surface area contributed by atoms with E-state index in [1.54, 1.807) is 24.3 Å². The standard InChI is InChI=1S/C20H25NO6/c1-15(20(23)24)27-19-9-7-18(8-10-19)25-12-11-21-13-16(22)14-26-17-5-3-2-4-6-17/h2-10,15-16,21-22H,11-14H2,1H3,(H,23,24). The fourth-order valence-electron chi connectivity index (χ4n) is 2.15. The van der Waals surface area contributed by atoms with Crippen LogP contribution in [0.15, 0.2) is 54.6 Å². The second-order valence-electron chi connectivity index (χ2n) is 5.90. The molecule has 0 aliphatic carbocycles. The molecule has 7 heteroatoms. The van der Waals surface area contributed by atoms with Crippen molar-refractivity contribution in [1.29, 1.82) is 0 Å². The van der Waals surface area contributed by atoms with Gasteiger partial charge in [-0.1, -0.05) is 18.2 Å². The maximum atomic E-state index is 10.8. The molecule has 0 heterocycles. The number of ether oxygens (including phenoxy) is 3. The minimum atomic E-state index is -1.02. The van der Waals surface area contributed by atoms with Crippen LogP contribution in [0.25, 0.3) is 0 Å². The quantitative estimate of drug-likeness (QED) is 0.488. The molecule has 2 unspecified atom stereocenters. The van der Waals surface area contributed by atoms with Gasteiger partial charge in [0.25, 0.3) is 0 Å². The number of rotatable bonds is 12. The first-order valence-corrected chi connectivity index (χ1v) is 8.73. The molecule has 2 atom stereocenters. The number of hydrogen-bond acceptors (Lipinski definition) is 6. The van der Waals surface area contributed by atoms with Gasteiger partial charge in [0.2, 0.25) is 0 Å². The van der Waals surface area contributed by atoms with Crippen molar-refractivity contribution in [3.63, 3.8) is 0 Å². The second-order valence-corrected chi connectivity index (χ2v) is 5.90. The van der Waals surface area contributed by atoms with E-state index in [-0.39, 0.29) is 6.61 Å². The molecule has 27 heavy (non-hydrogen) atoms. The fourth-order valence-corrected chi connectivity index (χ4v) is 2.15. The van der Waals surface area contributed by atoms with Crippen LogP contribution in [0.4, 0.5) is 0 Å². The van der Waals surface area contributed by atoms with Crippen molar-refractivity contribution >= 4 is 5.97 Å². The monoisotopic (exact) mass is 375 g/mol. The SMILES string of the molecule is CC(Oc1ccc(OCCNCC(O)COc2ccccc2)cc1)C(=O)O. The van der Waals surface area contributed by atoms with Crippen LogP contribution in [0.1, 0.15) is 6.92 Å². The zero-order valence-electron chi connectivity index (χ0n) is 15.2. The predicted molar refractivity (Wildman–Crippen MR) is 100 cm³/mol. The smallest absolute Gasteiger partial charge is 0.344 e. The van der Waals surface area contributed by atoms with Crippen LogP contribution < -0.4 is 19.5 Å². The van der Waals surface area contributed by atoms with Crippen molar-refractivity contribution in [2.75, 3.05) is 26.3 Å². The third-order valence-corrected chi connectivity index (χ3v) is 3.60. The highest BCUT2D eigenvalue weighted by Gasteiger charge is 2.12. The van der Waals surface area contributed by atoms with Crippen LogP contribution in [-0.4, -0.2) is 54.7 Å². The highest BCUT2D eigenvalue weighted by Crippen LogP contribution is 2.18. The molecular formula is C20H25NO6. The molecule has 0 saturated carbocycles. The van der Waals surface area contributed by atoms with Gasteiger partial charge in [-0.3, -0.25) is 0 Å². The van der Waals surface area contributed by atoms with Gasteiger partial charge in [0.15, 0.2) is 6.10 Å². The van der Waals surface area contributed by atoms with Gasteiger partial charge >= 0.3 is 5.97 Å². The number of hydrogen-bond donors (Lipinski definition) is 3. The molecule has 2 aromatic rings. The summed E-state index contributed by atoms with van der Waals surface area (Å²) in [6.45, 7) is 3.08. The zero-order valence-corrected chi connectivity index (χ0v) is 15.2. The Kier molecular flexibility index (Phi) is 8.41. The average Bonchev–Trinajstić information content (AvgIpc) is 2.68. The molecule has 0 saturated heterocycles. The van der Waals surface area contributed by atoms with Crippen molar-refractivity contribution < 1.29 is 29.2 Å². The molecule has 7 nitrogen and oxygen atoms in total. The van der Waals surface area contributed by atoms with Gasteiger partial charge in [-0.2, -0.15) is 0 Å². The van der Waals surface area contributed by atoms with Gasteiger partial charge in [0, 0.05) is 13.1 Å². The van der Waals surface area contributed by atoms with Gasteiger partial charge < -0.3 is 29.7 Å². The summed E-state index contributed by atoms with van der Waals surface area (Å²) in [6.07, 6.45) is -1.52. The van der Waals surface area contributed by atoms with E-state index < -0.39 is 18.2 Å². The molecule has 0 aliphatic heterocycles. The molecule has 0 aliphatic rings. The van der Waals surface area contributed by atoms with E-state index in [0.29, 0.717) is 31.2 Å². The van der Waals surface area contributed by atoms with Crippen LogP contribution in [0, 0.1) is 0 Å². The van der Waals surface area contributed by atoms with Crippen molar-refractivity contribution in [3.05, 3.63) is 54.6 Å². The minimum Gasteiger partial charge on any atom is -0.492 e. The largest absolute Gasteiger partial charge is 0.492 e. The van der Waals surface area contributed by atoms with E-state index in [9.17, 15) is 9.90 Å². The highest BCUT2D eigenvalue weighted by atomic mass is 16.5. The van der Waals surface area contributed by atoms with Crippen LogP contribution in [0.2, 0.25) is 0 Å². The maximum Gasteiger partial charge on any atom is 0.344 e. The summed E-state index contributed by atoms with van der Waals surface area (Å²) in [4.78, 5) is 10.8. The van der Waals surface area contributed by atoms with E-state index in [4.69, 9.17) is 19.3 Å². The number of nitrogens with one attached hydrogen (secondary N) is 1. The van der Waals surface area contributed by atoms with E-state index in [1.165, 1.54) is 6.92 Å². The van der Waals surface area contributed by atoms with Crippen molar-refractivity contribution in [2.24, 2.45) is 0 Å². The van der Waals surface area contributed by atoms with Gasteiger partial charge in [-0.15, -0.1) is 0 Å². The van der Waals surface area contributed by atoms with Gasteiger partial charge in [-0.25, -0.2) is 4.79 Å². The second kappa shape index (κ2) is 11.1. The van der Waals surface area contributed by atoms with E-state index >= 15 is 0 Å². The maximum absolute atomic E-state index is 10.8. The Morgan fingerprint density at radius 3 is 2.30 bits per heavy atom. The number of carboxylic acids is 1. The summed E-state index contributed by atoms with van der Waals surface area (Å²) in [5, 5.41) is 21.8. The number of para-hydroxylation sites is 1. The Morgan fingerprint density at radius 1 is 1.00 bits per heavy atom. The molecule has 0 bridgehead atoms. The third-order valence-electron chi connectivity index (χ3n) is 3.60. The van der Waals surface area contributed by atoms with Crippen LogP contribution in [0.5, 0.6) is 17.2 Å². The van der Waals surface area contributed by atoms with Gasteiger partial charge in [0.1, 0.15) is 36.6 Å². The first kappa shape index (κ1) is 20.5. The summed E-state index contributed by atoms with van der Waals surface area (Å²) in [6, 6.07) is 16.1. The van der Waals surface area contributed by atoms with Crippen molar-refractivity contribution in [3.8, 4) is 17.2 Å². The topological polar surface area (TPSA) is 97.3 Å². The Balaban J connectivity index is 1.57. The summed E-state index contributed by atoms with van der Waals surface area (Å²) in [5.41, 5.74) is 0. The van der Waals surface area contributed by atoms with Crippen molar-refractivity contribution in [1.82, 2.24) is 5.32 Å². The Hall–Kier alpha value is -2.77. The molecule has 3 N–H and O–H groups in total. The number of aliphatic hydroxyl groups is 1. The normalized spacial score (nSPS) is 12.8. The lowest BCUT2D eigenvalue weighted by molar-refractivity contribution is -0.144. The molecule has 2 rings (SSSR count). The van der Waals surface area contributed by atoms with Gasteiger partial charge in [-0.05, 0) is 43.3 Å². The number of carbonyl (C=O) groups is 1. The van der Waals surface area contributed by atoms with E-state index in [2.05, 4.69) is 5.32 Å². The molecule has 2 aromatic carbocycles. The summed E-state index contributed by atoms with van der Waals surface area (Å²) < 4.78 is 16.3. The van der Waals surface area contributed by atoms with Gasteiger partial charge in [0.05, 0.1) is 0 Å². The predicted octanol–water partition coefficient (Wildman–Crippen LogP) is 1.95. The molecule has 0 radical (unpaired) electrons. The Labute approximate surface area is 158 Å². The summed E-state index contributed by atoms with van der Waals surface area (Å²) in [5.74, 6) is 0.833. The molecule has 0 spiro atoms. The first-order valence-electron chi connectivity index (χ1n) is 8.73. The van der Waals surface area contributed by atoms with Crippen LogP contribution in [-0.2, 0) is 4.79 Å². The minimum absolute atomic E-state index is 0.216. The number of aliphatic hydroxyl groups excluding tert-OH is 1. The Bertz CT molecular complexity index is 677. The first-order chi connectivity index (χ1) is 13.0. The summed E-state index contributed by atoms with van der Waals surface area (Å²) in [7, 11) is 0. The molecule has 0 amide bonds. The van der Waals surface area contributed by atoms with Crippen LogP contribution in [0.3, 0.4) is 0 Å². The van der Waals surface area contributed by atoms with Crippen molar-refractivity contribution in [2.45, 2.75) is 19.1 Å². The molecule has 0 fully saturated rings. The summed E-state index contributed by atoms with van der Waals surface area (Å²) >= 11 is 0. The highest BCUT2D eigenvalue weighted by molar-refractivity contribution is 5.72. The number of aliphatic carboxylic acids is 1. The fraction of sp³-hybridized carbons (Fsp3) is 0.350. The lowest BCUT2D eigenvalue weighted by atomic mass is 10.3.